The summed E-state index contributed by atoms with van der Waals surface area (Å²) in [7, 11) is 6.84. The van der Waals surface area contributed by atoms with E-state index in [0.717, 1.165) is 98.5 Å². The first-order valence-electron chi connectivity index (χ1n) is 41.5. The molecule has 15 heteroatoms. The van der Waals surface area contributed by atoms with Gasteiger partial charge in [-0.1, -0.05) is 92.9 Å². The molecule has 0 aromatic rings. The first kappa shape index (κ1) is 131. The van der Waals surface area contributed by atoms with E-state index in [1.807, 2.05) is 132 Å². The summed E-state index contributed by atoms with van der Waals surface area (Å²) in [5.74, 6) is 0. The zero-order chi connectivity index (χ0) is 82.7. The highest BCUT2D eigenvalue weighted by molar-refractivity contribution is 4.68. The molecule has 0 aliphatic heterocycles. The predicted molar refractivity (Wildman–Crippen MR) is 453 cm³/mol. The molecular formula is C87H200O15. The van der Waals surface area contributed by atoms with Crippen LogP contribution in [0.3, 0.4) is 0 Å². The lowest BCUT2D eigenvalue weighted by Crippen LogP contribution is -2.20. The van der Waals surface area contributed by atoms with Crippen LogP contribution in [0.4, 0.5) is 0 Å². The van der Waals surface area contributed by atoms with Crippen molar-refractivity contribution in [3.8, 4) is 0 Å². The normalized spacial score (nSPS) is 13.5. The van der Waals surface area contributed by atoms with Gasteiger partial charge in [0.2, 0.25) is 0 Å². The SMILES string of the molecule is CC(C)OC1CCCC1.CC(C)OC1CCCCC1.CCCC(C)OC.CCCC(C)OCC.CCCOC(C)CCC.CCCOCC.CCOC.CCOC(C)(C)C.CCOC(C)(C)C.CCOC(C)C.CCOC(C)C.CCOC(C)CC.CCOCC.COC(C)(C)C.COC(C)C. The molecule has 2 aliphatic carbocycles. The molecule has 0 N–H and O–H groups in total. The Bertz CT molecular complexity index is 1220. The second-order valence-corrected chi connectivity index (χ2v) is 28.8. The second kappa shape index (κ2) is 109. The highest BCUT2D eigenvalue weighted by Gasteiger charge is 2.16. The molecule has 0 aromatic heterocycles. The quantitative estimate of drug-likeness (QED) is 0.0590. The van der Waals surface area contributed by atoms with Crippen LogP contribution in [0, 0.1) is 0 Å². The Morgan fingerprint density at radius 2 is 0.578 bits per heavy atom. The molecule has 638 valence electrons. The molecule has 0 spiro atoms. The van der Waals surface area contributed by atoms with Gasteiger partial charge in [-0.2, -0.15) is 0 Å². The van der Waals surface area contributed by atoms with Gasteiger partial charge in [-0.15, -0.1) is 0 Å². The number of ether oxygens (including phenoxy) is 15. The van der Waals surface area contributed by atoms with Crippen molar-refractivity contribution in [3.05, 3.63) is 0 Å². The van der Waals surface area contributed by atoms with Gasteiger partial charge in [0.15, 0.2) is 0 Å². The van der Waals surface area contributed by atoms with Gasteiger partial charge in [-0.3, -0.25) is 0 Å². The second-order valence-electron chi connectivity index (χ2n) is 28.8. The van der Waals surface area contributed by atoms with Crippen LogP contribution >= 0.6 is 0 Å². The van der Waals surface area contributed by atoms with Crippen LogP contribution in [-0.2, 0) is 71.1 Å². The summed E-state index contributed by atoms with van der Waals surface area (Å²) >= 11 is 0. The van der Waals surface area contributed by atoms with E-state index >= 15 is 0 Å². The summed E-state index contributed by atoms with van der Waals surface area (Å²) < 4.78 is 76.8. The number of rotatable bonds is 32. The minimum absolute atomic E-state index is 0.0417. The largest absolute Gasteiger partial charge is 0.385 e. The van der Waals surface area contributed by atoms with Gasteiger partial charge in [-0.05, 0) is 293 Å². The third-order valence-corrected chi connectivity index (χ3v) is 12.8. The first-order valence-corrected chi connectivity index (χ1v) is 41.5. The molecule has 2 fully saturated rings. The molecule has 102 heavy (non-hydrogen) atoms. The van der Waals surface area contributed by atoms with Crippen LogP contribution in [0.25, 0.3) is 0 Å². The average molecular weight is 1490 g/mol. The van der Waals surface area contributed by atoms with Crippen molar-refractivity contribution in [2.75, 3.05) is 108 Å². The van der Waals surface area contributed by atoms with Crippen molar-refractivity contribution >= 4 is 0 Å². The van der Waals surface area contributed by atoms with E-state index in [0.29, 0.717) is 67.1 Å². The van der Waals surface area contributed by atoms with Crippen molar-refractivity contribution in [3.63, 3.8) is 0 Å². The fraction of sp³-hybridized carbons (Fsp3) is 1.00. The Kier molecular flexibility index (Phi) is 140. The Morgan fingerprint density at radius 3 is 0.725 bits per heavy atom. The van der Waals surface area contributed by atoms with Gasteiger partial charge in [-0.25, -0.2) is 0 Å². The molecule has 0 saturated heterocycles. The van der Waals surface area contributed by atoms with Crippen LogP contribution in [0.2, 0.25) is 0 Å². The van der Waals surface area contributed by atoms with Crippen molar-refractivity contribution in [2.45, 2.75) is 470 Å². The summed E-state index contributed by atoms with van der Waals surface area (Å²) in [6, 6.07) is 0. The smallest absolute Gasteiger partial charge is 0.0598 e. The third kappa shape index (κ3) is 194. The van der Waals surface area contributed by atoms with E-state index in [4.69, 9.17) is 66.3 Å². The Labute approximate surface area is 645 Å². The van der Waals surface area contributed by atoms with Gasteiger partial charge in [0.05, 0.1) is 83.9 Å². The van der Waals surface area contributed by atoms with E-state index in [1.165, 1.54) is 96.3 Å². The molecule has 0 amide bonds. The average Bonchev–Trinajstić information content (AvgIpc) is 1.51. The molecule has 4 unspecified atom stereocenters. The van der Waals surface area contributed by atoms with Gasteiger partial charge in [0.25, 0.3) is 0 Å². The van der Waals surface area contributed by atoms with Crippen LogP contribution in [0.15, 0.2) is 0 Å². The van der Waals surface area contributed by atoms with Gasteiger partial charge >= 0.3 is 0 Å². The molecule has 2 saturated carbocycles. The number of methoxy groups -OCH3 is 4. The zero-order valence-corrected chi connectivity index (χ0v) is 78.2. The fourth-order valence-electron chi connectivity index (χ4n) is 7.53. The summed E-state index contributed by atoms with van der Waals surface area (Å²) in [4.78, 5) is 0. The minimum Gasteiger partial charge on any atom is -0.385 e. The Hall–Kier alpha value is -0.600. The maximum atomic E-state index is 5.69. The van der Waals surface area contributed by atoms with E-state index in [2.05, 4.69) is 143 Å². The molecular weight excluding hydrogens is 1280 g/mol. The molecule has 0 bridgehead atoms. The molecule has 15 nitrogen and oxygen atoms in total. The predicted octanol–water partition coefficient (Wildman–Crippen LogP) is 25.7. The van der Waals surface area contributed by atoms with E-state index in [1.54, 1.807) is 28.4 Å². The van der Waals surface area contributed by atoms with Gasteiger partial charge < -0.3 is 71.1 Å². The molecule has 2 aliphatic rings. The molecule has 2 rings (SSSR count). The molecule has 4 atom stereocenters. The van der Waals surface area contributed by atoms with E-state index in [-0.39, 0.29) is 16.8 Å². The third-order valence-electron chi connectivity index (χ3n) is 12.8. The van der Waals surface area contributed by atoms with Gasteiger partial charge in [0, 0.05) is 108 Å². The summed E-state index contributed by atoms with van der Waals surface area (Å²) in [5, 5.41) is 0. The highest BCUT2D eigenvalue weighted by Crippen LogP contribution is 2.22. The van der Waals surface area contributed by atoms with Crippen molar-refractivity contribution < 1.29 is 71.1 Å². The van der Waals surface area contributed by atoms with Gasteiger partial charge in [0.1, 0.15) is 0 Å². The van der Waals surface area contributed by atoms with Crippen LogP contribution in [0.1, 0.15) is 386 Å². The lowest BCUT2D eigenvalue weighted by atomic mass is 9.98. The molecule has 0 heterocycles. The lowest BCUT2D eigenvalue weighted by molar-refractivity contribution is -0.0118. The Morgan fingerprint density at radius 1 is 0.284 bits per heavy atom. The highest BCUT2D eigenvalue weighted by atomic mass is 16.5. The molecule has 0 radical (unpaired) electrons. The first-order chi connectivity index (χ1) is 47.5. The van der Waals surface area contributed by atoms with E-state index < -0.39 is 0 Å². The lowest BCUT2D eigenvalue weighted by Gasteiger charge is -2.23. The van der Waals surface area contributed by atoms with Crippen LogP contribution < -0.4 is 0 Å². The maximum Gasteiger partial charge on any atom is 0.0598 e. The van der Waals surface area contributed by atoms with Crippen molar-refractivity contribution in [1.82, 2.24) is 0 Å². The number of hydrogen-bond acceptors (Lipinski definition) is 15. The van der Waals surface area contributed by atoms with E-state index in [9.17, 15) is 0 Å². The monoisotopic (exact) mass is 1490 g/mol. The van der Waals surface area contributed by atoms with Crippen LogP contribution in [-0.4, -0.2) is 192 Å². The molecule has 0 aromatic carbocycles. The topological polar surface area (TPSA) is 138 Å². The van der Waals surface area contributed by atoms with Crippen LogP contribution in [0.5, 0.6) is 0 Å². The standard InChI is InChI=1S/C9H18O.C8H16O.C8H18O.C7H16O.4C6H14O.4C5H12O.2C4H10O.C3H8O/c1-8(2)10-9-6-4-3-5-7-9;1-7(2)9-8-5-3-4-6-8;1-4-6-8(3)9-7-5-2;1-4-6-7(3)8-5-2;2*1-5-7-6(2,3)4;1-4-5-6(2)7-3;1-4-6(3)7-5-2;1-5(2,3)6-4;2*1-4-6-5(2)3;1-3-5-6-4-2;1-4(2)5-3;1-3-5-4-2;1-3-4-2/h8-9H,3-7H2,1-2H3;7-8H,3-6H2,1-2H3;8H,4-7H2,1-3H3;7H,4-6H2,1-3H3;2*5H2,1-4H3;2*6H,4-5H2,1-3H3;1-4H3;2*5H,4H2,1-3H3;3-5H2,1-2H3;4H,1-3H3;3-4H2,1-2H3;3H2,1-2H3. The Balaban J connectivity index is -0.0000000761. The van der Waals surface area contributed by atoms with Crippen molar-refractivity contribution in [2.24, 2.45) is 0 Å². The number of hydrogen-bond donors (Lipinski definition) is 0. The zero-order valence-electron chi connectivity index (χ0n) is 78.2. The summed E-state index contributed by atoms with van der Waals surface area (Å²) in [6.45, 7) is 90.5. The minimum atomic E-state index is 0.0417. The summed E-state index contributed by atoms with van der Waals surface area (Å²) in [6.07, 6.45) is 27.7. The maximum absolute atomic E-state index is 5.69. The van der Waals surface area contributed by atoms with Crippen molar-refractivity contribution in [1.29, 1.82) is 0 Å². The fourth-order valence-corrected chi connectivity index (χ4v) is 7.53. The summed E-state index contributed by atoms with van der Waals surface area (Å²) in [5.41, 5.74) is 0.142.